The molecular weight excluding hydrogens is 212 g/mol. The quantitative estimate of drug-likeness (QED) is 0.852. The van der Waals surface area contributed by atoms with Crippen molar-refractivity contribution in [2.75, 3.05) is 0 Å². The number of hydrogen-bond acceptors (Lipinski definition) is 1. The second kappa shape index (κ2) is 4.23. The minimum absolute atomic E-state index is 0.166. The first kappa shape index (κ1) is 10.5. The summed E-state index contributed by atoms with van der Waals surface area (Å²) in [6, 6.07) is 7.53. The number of hydrogen-bond donors (Lipinski definition) is 1. The van der Waals surface area contributed by atoms with Crippen molar-refractivity contribution >= 4 is 17.6 Å². The molecule has 1 N–H and O–H groups in total. The number of rotatable bonds is 4. The summed E-state index contributed by atoms with van der Waals surface area (Å²) in [6.45, 7) is 0. The summed E-state index contributed by atoms with van der Waals surface area (Å²) in [5, 5.41) is 9.55. The average molecular weight is 225 g/mol. The van der Waals surface area contributed by atoms with Gasteiger partial charge in [-0.3, -0.25) is 4.79 Å². The fourth-order valence-electron chi connectivity index (χ4n) is 1.95. The molecule has 0 aromatic heterocycles. The fourth-order valence-corrected chi connectivity index (χ4v) is 2.08. The molecule has 1 saturated carbocycles. The Morgan fingerprint density at radius 3 is 2.47 bits per heavy atom. The van der Waals surface area contributed by atoms with E-state index in [2.05, 4.69) is 0 Å². The zero-order valence-electron chi connectivity index (χ0n) is 8.32. The van der Waals surface area contributed by atoms with Gasteiger partial charge in [-0.25, -0.2) is 0 Å². The monoisotopic (exact) mass is 224 g/mol. The highest BCUT2D eigenvalue weighted by Gasteiger charge is 2.33. The van der Waals surface area contributed by atoms with Gasteiger partial charge < -0.3 is 5.11 Å². The molecule has 0 bridgehead atoms. The topological polar surface area (TPSA) is 37.3 Å². The van der Waals surface area contributed by atoms with E-state index in [-0.39, 0.29) is 12.3 Å². The zero-order chi connectivity index (χ0) is 10.8. The maximum Gasteiger partial charge on any atom is 0.303 e. The Bertz CT molecular complexity index is 354. The van der Waals surface area contributed by atoms with E-state index < -0.39 is 5.97 Å². The molecule has 0 aliphatic heterocycles. The summed E-state index contributed by atoms with van der Waals surface area (Å²) in [6.07, 6.45) is 2.54. The lowest BCUT2D eigenvalue weighted by Crippen LogP contribution is -2.08. The van der Waals surface area contributed by atoms with Crippen molar-refractivity contribution in [3.05, 3.63) is 34.9 Å². The molecular formula is C12H13ClO2. The van der Waals surface area contributed by atoms with E-state index in [9.17, 15) is 4.79 Å². The SMILES string of the molecule is O=C(O)CC(c1ccc(Cl)cc1)C1CC1. The van der Waals surface area contributed by atoms with Crippen molar-refractivity contribution in [2.45, 2.75) is 25.2 Å². The van der Waals surface area contributed by atoms with Crippen LogP contribution in [0.15, 0.2) is 24.3 Å². The van der Waals surface area contributed by atoms with Crippen LogP contribution in [0.2, 0.25) is 5.02 Å². The highest BCUT2D eigenvalue weighted by Crippen LogP contribution is 2.44. The normalized spacial score (nSPS) is 17.4. The predicted molar refractivity (Wildman–Crippen MR) is 59.2 cm³/mol. The van der Waals surface area contributed by atoms with Crippen LogP contribution in [0, 0.1) is 5.92 Å². The van der Waals surface area contributed by atoms with Gasteiger partial charge in [-0.15, -0.1) is 0 Å². The molecule has 2 rings (SSSR count). The van der Waals surface area contributed by atoms with Crippen molar-refractivity contribution < 1.29 is 9.90 Å². The van der Waals surface area contributed by atoms with Crippen molar-refractivity contribution in [3.63, 3.8) is 0 Å². The summed E-state index contributed by atoms with van der Waals surface area (Å²) in [5.74, 6) is 0.00360. The Morgan fingerprint density at radius 1 is 1.40 bits per heavy atom. The molecule has 1 aromatic rings. The molecule has 15 heavy (non-hydrogen) atoms. The molecule has 1 aliphatic carbocycles. The molecule has 0 saturated heterocycles. The van der Waals surface area contributed by atoms with Crippen LogP contribution in [0.3, 0.4) is 0 Å². The van der Waals surface area contributed by atoms with Gasteiger partial charge in [-0.05, 0) is 42.4 Å². The second-order valence-corrected chi connectivity index (χ2v) is 4.53. The highest BCUT2D eigenvalue weighted by atomic mass is 35.5. The number of benzene rings is 1. The van der Waals surface area contributed by atoms with E-state index in [1.165, 1.54) is 0 Å². The van der Waals surface area contributed by atoms with E-state index in [1.54, 1.807) is 0 Å². The molecule has 1 unspecified atom stereocenters. The first-order valence-electron chi connectivity index (χ1n) is 5.14. The van der Waals surface area contributed by atoms with Crippen molar-refractivity contribution in [1.29, 1.82) is 0 Å². The van der Waals surface area contributed by atoms with Gasteiger partial charge in [0.15, 0.2) is 0 Å². The molecule has 0 heterocycles. The Kier molecular flexibility index (Phi) is 2.96. The van der Waals surface area contributed by atoms with Crippen LogP contribution in [0.4, 0.5) is 0 Å². The van der Waals surface area contributed by atoms with Gasteiger partial charge in [-0.1, -0.05) is 23.7 Å². The lowest BCUT2D eigenvalue weighted by atomic mass is 9.91. The third-order valence-electron chi connectivity index (χ3n) is 2.88. The van der Waals surface area contributed by atoms with Crippen LogP contribution in [0.25, 0.3) is 0 Å². The van der Waals surface area contributed by atoms with Gasteiger partial charge in [-0.2, -0.15) is 0 Å². The molecule has 0 amide bonds. The Balaban J connectivity index is 2.16. The summed E-state index contributed by atoms with van der Waals surface area (Å²) in [4.78, 5) is 10.8. The van der Waals surface area contributed by atoms with Crippen LogP contribution in [0.5, 0.6) is 0 Å². The standard InChI is InChI=1S/C12H13ClO2/c13-10-5-3-9(4-6-10)11(7-12(14)15)8-1-2-8/h3-6,8,11H,1-2,7H2,(H,14,15). The third-order valence-corrected chi connectivity index (χ3v) is 3.14. The number of carboxylic acid groups (broad SMARTS) is 1. The van der Waals surface area contributed by atoms with Gasteiger partial charge in [0, 0.05) is 5.02 Å². The molecule has 0 spiro atoms. The predicted octanol–water partition coefficient (Wildman–Crippen LogP) is 3.31. The lowest BCUT2D eigenvalue weighted by Gasteiger charge is -2.14. The van der Waals surface area contributed by atoms with E-state index >= 15 is 0 Å². The third kappa shape index (κ3) is 2.72. The largest absolute Gasteiger partial charge is 0.481 e. The van der Waals surface area contributed by atoms with Crippen LogP contribution in [-0.2, 0) is 4.79 Å². The minimum atomic E-state index is -0.721. The van der Waals surface area contributed by atoms with E-state index in [0.717, 1.165) is 18.4 Å². The first-order valence-corrected chi connectivity index (χ1v) is 5.52. The van der Waals surface area contributed by atoms with Gasteiger partial charge in [0.05, 0.1) is 6.42 Å². The van der Waals surface area contributed by atoms with Crippen molar-refractivity contribution in [3.8, 4) is 0 Å². The van der Waals surface area contributed by atoms with Crippen LogP contribution < -0.4 is 0 Å². The molecule has 0 radical (unpaired) electrons. The zero-order valence-corrected chi connectivity index (χ0v) is 9.07. The Labute approximate surface area is 93.9 Å². The maximum atomic E-state index is 10.8. The number of carbonyl (C=O) groups is 1. The van der Waals surface area contributed by atoms with Gasteiger partial charge in [0.25, 0.3) is 0 Å². The second-order valence-electron chi connectivity index (χ2n) is 4.09. The maximum absolute atomic E-state index is 10.8. The van der Waals surface area contributed by atoms with Gasteiger partial charge >= 0.3 is 5.97 Å². The van der Waals surface area contributed by atoms with Crippen LogP contribution in [-0.4, -0.2) is 11.1 Å². The molecule has 1 aliphatic rings. The summed E-state index contributed by atoms with van der Waals surface area (Å²) >= 11 is 5.80. The Morgan fingerprint density at radius 2 is 2.00 bits per heavy atom. The van der Waals surface area contributed by atoms with Crippen LogP contribution >= 0.6 is 11.6 Å². The van der Waals surface area contributed by atoms with Gasteiger partial charge in [0.1, 0.15) is 0 Å². The van der Waals surface area contributed by atoms with E-state index in [0.29, 0.717) is 10.9 Å². The first-order chi connectivity index (χ1) is 7.16. The minimum Gasteiger partial charge on any atom is -0.481 e. The molecule has 1 atom stereocenters. The molecule has 1 aromatic carbocycles. The summed E-state index contributed by atoms with van der Waals surface area (Å²) < 4.78 is 0. The van der Waals surface area contributed by atoms with Crippen molar-refractivity contribution in [1.82, 2.24) is 0 Å². The lowest BCUT2D eigenvalue weighted by molar-refractivity contribution is -0.137. The smallest absolute Gasteiger partial charge is 0.303 e. The molecule has 1 fully saturated rings. The number of aliphatic carboxylic acids is 1. The van der Waals surface area contributed by atoms with Gasteiger partial charge in [0.2, 0.25) is 0 Å². The molecule has 80 valence electrons. The number of carboxylic acids is 1. The van der Waals surface area contributed by atoms with Crippen LogP contribution in [0.1, 0.15) is 30.7 Å². The fraction of sp³-hybridized carbons (Fsp3) is 0.417. The Hall–Kier alpha value is -1.02. The molecule has 2 nitrogen and oxygen atoms in total. The summed E-state index contributed by atoms with van der Waals surface area (Å²) in [5.41, 5.74) is 1.10. The average Bonchev–Trinajstić information content (AvgIpc) is 2.99. The highest BCUT2D eigenvalue weighted by molar-refractivity contribution is 6.30. The molecule has 3 heteroatoms. The summed E-state index contributed by atoms with van der Waals surface area (Å²) in [7, 11) is 0. The number of halogens is 1. The van der Waals surface area contributed by atoms with E-state index in [4.69, 9.17) is 16.7 Å². The van der Waals surface area contributed by atoms with E-state index in [1.807, 2.05) is 24.3 Å². The van der Waals surface area contributed by atoms with Crippen molar-refractivity contribution in [2.24, 2.45) is 5.92 Å².